The van der Waals surface area contributed by atoms with Crippen LogP contribution < -0.4 is 11.1 Å². The fourth-order valence-corrected chi connectivity index (χ4v) is 2.07. The standard InChI is InChI=1S/C12H25N3O/c1-5-9-8-15(7-6-10(9)13)11(16)14-12(2,3)4/h9-10H,5-8,13H2,1-4H3,(H,14,16). The Kier molecular flexibility index (Phi) is 4.19. The highest BCUT2D eigenvalue weighted by Gasteiger charge is 2.29. The minimum atomic E-state index is -0.168. The number of likely N-dealkylation sites (tertiary alicyclic amines) is 1. The monoisotopic (exact) mass is 227 g/mol. The van der Waals surface area contributed by atoms with E-state index < -0.39 is 0 Å². The molecule has 3 N–H and O–H groups in total. The Balaban J connectivity index is 2.52. The molecule has 1 aliphatic rings. The third kappa shape index (κ3) is 3.67. The number of nitrogens with two attached hydrogens (primary N) is 1. The topological polar surface area (TPSA) is 58.4 Å². The van der Waals surface area contributed by atoms with E-state index in [-0.39, 0.29) is 17.6 Å². The van der Waals surface area contributed by atoms with Crippen LogP contribution in [0.4, 0.5) is 4.79 Å². The number of hydrogen-bond donors (Lipinski definition) is 2. The largest absolute Gasteiger partial charge is 0.333 e. The van der Waals surface area contributed by atoms with Gasteiger partial charge in [0.05, 0.1) is 0 Å². The Bertz CT molecular complexity index is 247. The third-order valence-corrected chi connectivity index (χ3v) is 3.09. The molecule has 0 radical (unpaired) electrons. The zero-order valence-electron chi connectivity index (χ0n) is 10.9. The maximum Gasteiger partial charge on any atom is 0.317 e. The van der Waals surface area contributed by atoms with E-state index in [0.29, 0.717) is 5.92 Å². The van der Waals surface area contributed by atoms with E-state index in [1.807, 2.05) is 25.7 Å². The summed E-state index contributed by atoms with van der Waals surface area (Å²) >= 11 is 0. The average Bonchev–Trinajstić information content (AvgIpc) is 2.15. The zero-order chi connectivity index (χ0) is 12.3. The van der Waals surface area contributed by atoms with Crippen LogP contribution in [0.15, 0.2) is 0 Å². The van der Waals surface area contributed by atoms with Crippen molar-refractivity contribution < 1.29 is 4.79 Å². The lowest BCUT2D eigenvalue weighted by molar-refractivity contribution is 0.147. The van der Waals surface area contributed by atoms with E-state index in [4.69, 9.17) is 5.73 Å². The molecular weight excluding hydrogens is 202 g/mol. The summed E-state index contributed by atoms with van der Waals surface area (Å²) in [6.45, 7) is 9.70. The first-order chi connectivity index (χ1) is 7.33. The van der Waals surface area contributed by atoms with Crippen LogP contribution in [0.2, 0.25) is 0 Å². The van der Waals surface area contributed by atoms with E-state index >= 15 is 0 Å². The van der Waals surface area contributed by atoms with E-state index in [1.165, 1.54) is 0 Å². The van der Waals surface area contributed by atoms with Gasteiger partial charge < -0.3 is 16.0 Å². The maximum absolute atomic E-state index is 12.0. The highest BCUT2D eigenvalue weighted by Crippen LogP contribution is 2.18. The lowest BCUT2D eigenvalue weighted by atomic mass is 9.91. The highest BCUT2D eigenvalue weighted by atomic mass is 16.2. The second kappa shape index (κ2) is 5.04. The van der Waals surface area contributed by atoms with E-state index in [0.717, 1.165) is 25.9 Å². The first-order valence-corrected chi connectivity index (χ1v) is 6.16. The second-order valence-electron chi connectivity index (χ2n) is 5.75. The molecule has 0 aromatic heterocycles. The van der Waals surface area contributed by atoms with Crippen LogP contribution in [0.25, 0.3) is 0 Å². The predicted octanol–water partition coefficient (Wildman–Crippen LogP) is 1.55. The Morgan fingerprint density at radius 1 is 1.50 bits per heavy atom. The number of rotatable bonds is 1. The van der Waals surface area contributed by atoms with Crippen molar-refractivity contribution in [3.05, 3.63) is 0 Å². The normalized spacial score (nSPS) is 26.7. The van der Waals surface area contributed by atoms with Crippen molar-refractivity contribution in [3.8, 4) is 0 Å². The van der Waals surface area contributed by atoms with Crippen molar-refractivity contribution in [1.29, 1.82) is 0 Å². The summed E-state index contributed by atoms with van der Waals surface area (Å²) in [7, 11) is 0. The average molecular weight is 227 g/mol. The minimum absolute atomic E-state index is 0.0397. The number of nitrogens with zero attached hydrogens (tertiary/aromatic N) is 1. The fourth-order valence-electron chi connectivity index (χ4n) is 2.07. The molecule has 2 unspecified atom stereocenters. The molecule has 0 aromatic rings. The van der Waals surface area contributed by atoms with Gasteiger partial charge in [0.15, 0.2) is 0 Å². The number of urea groups is 1. The molecule has 1 rings (SSSR count). The molecule has 4 heteroatoms. The third-order valence-electron chi connectivity index (χ3n) is 3.09. The molecule has 0 aliphatic carbocycles. The predicted molar refractivity (Wildman–Crippen MR) is 66.2 cm³/mol. The Hall–Kier alpha value is -0.770. The van der Waals surface area contributed by atoms with Gasteiger partial charge in [0.2, 0.25) is 0 Å². The van der Waals surface area contributed by atoms with Gasteiger partial charge in [-0.1, -0.05) is 13.3 Å². The molecule has 0 aromatic carbocycles. The quantitative estimate of drug-likeness (QED) is 0.714. The van der Waals surface area contributed by atoms with Crippen LogP contribution in [-0.4, -0.2) is 35.6 Å². The van der Waals surface area contributed by atoms with Crippen molar-refractivity contribution in [1.82, 2.24) is 10.2 Å². The number of piperidine rings is 1. The van der Waals surface area contributed by atoms with Crippen molar-refractivity contribution in [2.24, 2.45) is 11.7 Å². The summed E-state index contributed by atoms with van der Waals surface area (Å²) in [4.78, 5) is 13.8. The molecule has 0 saturated carbocycles. The molecule has 16 heavy (non-hydrogen) atoms. The van der Waals surface area contributed by atoms with Crippen LogP contribution in [0.1, 0.15) is 40.5 Å². The zero-order valence-corrected chi connectivity index (χ0v) is 10.9. The maximum atomic E-state index is 12.0. The molecular formula is C12H25N3O. The minimum Gasteiger partial charge on any atom is -0.333 e. The number of carbonyl (C=O) groups excluding carboxylic acids is 1. The van der Waals surface area contributed by atoms with Crippen LogP contribution in [0, 0.1) is 5.92 Å². The SMILES string of the molecule is CCC1CN(C(=O)NC(C)(C)C)CCC1N. The van der Waals surface area contributed by atoms with E-state index in [1.54, 1.807) is 0 Å². The summed E-state index contributed by atoms with van der Waals surface area (Å²) in [5, 5.41) is 2.99. The summed E-state index contributed by atoms with van der Waals surface area (Å²) < 4.78 is 0. The molecule has 4 nitrogen and oxygen atoms in total. The van der Waals surface area contributed by atoms with E-state index in [9.17, 15) is 4.79 Å². The number of amides is 2. The van der Waals surface area contributed by atoms with Crippen LogP contribution in [0.5, 0.6) is 0 Å². The summed E-state index contributed by atoms with van der Waals surface area (Å²) in [6, 6.07) is 0.293. The van der Waals surface area contributed by atoms with Gasteiger partial charge >= 0.3 is 6.03 Å². The molecule has 1 heterocycles. The first-order valence-electron chi connectivity index (χ1n) is 6.16. The van der Waals surface area contributed by atoms with Crippen LogP contribution >= 0.6 is 0 Å². The summed E-state index contributed by atoms with van der Waals surface area (Å²) in [6.07, 6.45) is 1.95. The smallest absolute Gasteiger partial charge is 0.317 e. The molecule has 2 amide bonds. The van der Waals surface area contributed by atoms with Gasteiger partial charge in [0.25, 0.3) is 0 Å². The molecule has 0 spiro atoms. The summed E-state index contributed by atoms with van der Waals surface area (Å²) in [5.74, 6) is 0.444. The van der Waals surface area contributed by atoms with Gasteiger partial charge in [-0.2, -0.15) is 0 Å². The molecule has 2 atom stereocenters. The number of carbonyl (C=O) groups is 1. The second-order valence-corrected chi connectivity index (χ2v) is 5.75. The van der Waals surface area contributed by atoms with Crippen molar-refractivity contribution >= 4 is 6.03 Å². The number of hydrogen-bond acceptors (Lipinski definition) is 2. The molecule has 0 bridgehead atoms. The first kappa shape index (κ1) is 13.3. The van der Waals surface area contributed by atoms with Gasteiger partial charge in [0, 0.05) is 24.7 Å². The molecule has 94 valence electrons. The highest BCUT2D eigenvalue weighted by molar-refractivity contribution is 5.75. The molecule has 1 fully saturated rings. The van der Waals surface area contributed by atoms with Gasteiger partial charge in [-0.3, -0.25) is 0 Å². The van der Waals surface area contributed by atoms with Gasteiger partial charge in [-0.15, -0.1) is 0 Å². The Morgan fingerprint density at radius 2 is 2.12 bits per heavy atom. The van der Waals surface area contributed by atoms with Crippen molar-refractivity contribution in [3.63, 3.8) is 0 Å². The fraction of sp³-hybridized carbons (Fsp3) is 0.917. The molecule has 1 aliphatic heterocycles. The van der Waals surface area contributed by atoms with E-state index in [2.05, 4.69) is 12.2 Å². The van der Waals surface area contributed by atoms with Crippen molar-refractivity contribution in [2.75, 3.05) is 13.1 Å². The summed E-state index contributed by atoms with van der Waals surface area (Å²) in [5.41, 5.74) is 5.85. The van der Waals surface area contributed by atoms with Gasteiger partial charge in [0.1, 0.15) is 0 Å². The Morgan fingerprint density at radius 3 is 2.62 bits per heavy atom. The Labute approximate surface area is 98.6 Å². The van der Waals surface area contributed by atoms with Gasteiger partial charge in [-0.05, 0) is 33.1 Å². The molecule has 1 saturated heterocycles. The van der Waals surface area contributed by atoms with Gasteiger partial charge in [-0.25, -0.2) is 4.79 Å². The number of nitrogens with one attached hydrogen (secondary N) is 1. The van der Waals surface area contributed by atoms with Crippen LogP contribution in [-0.2, 0) is 0 Å². The van der Waals surface area contributed by atoms with Crippen LogP contribution in [0.3, 0.4) is 0 Å². The van der Waals surface area contributed by atoms with Crippen molar-refractivity contribution in [2.45, 2.75) is 52.1 Å². The lowest BCUT2D eigenvalue weighted by Crippen LogP contribution is -2.55. The lowest BCUT2D eigenvalue weighted by Gasteiger charge is -2.37.